The molecule has 0 bridgehead atoms. The SMILES string of the molecule is C=CCCCCCCCCCOc1ncc(-c2ccc(OC(=O)O[C@H]3O[C@@H]3CCC)cc2)cn1. The molecule has 1 saturated heterocycles. The van der Waals surface area contributed by atoms with Crippen molar-refractivity contribution in [1.29, 1.82) is 0 Å². The van der Waals surface area contributed by atoms with Gasteiger partial charge in [0.25, 0.3) is 0 Å². The van der Waals surface area contributed by atoms with Crippen LogP contribution in [0.5, 0.6) is 11.8 Å². The molecule has 34 heavy (non-hydrogen) atoms. The number of epoxide rings is 1. The standard InChI is InChI=1S/C27H36N2O5/c1-3-5-6-7-8-9-10-11-12-18-31-26-28-19-22(20-29-26)21-14-16-23(17-15-21)32-27(30)34-25-24(33-25)13-4-2/h3,14-17,19-20,24-25H,1,4-13,18H2,2H3/t24-,25-/m1/s1. The van der Waals surface area contributed by atoms with Crippen LogP contribution in [0.25, 0.3) is 11.1 Å². The van der Waals surface area contributed by atoms with Crippen molar-refractivity contribution >= 4 is 6.16 Å². The molecule has 0 unspecified atom stereocenters. The maximum Gasteiger partial charge on any atom is 0.516 e. The summed E-state index contributed by atoms with van der Waals surface area (Å²) in [4.78, 5) is 20.5. The maximum atomic E-state index is 11.9. The predicted octanol–water partition coefficient (Wildman–Crippen LogP) is 6.87. The van der Waals surface area contributed by atoms with Gasteiger partial charge in [0, 0.05) is 18.0 Å². The summed E-state index contributed by atoms with van der Waals surface area (Å²) in [5, 5.41) is 0. The Bertz CT molecular complexity index is 870. The summed E-state index contributed by atoms with van der Waals surface area (Å²) in [6.45, 7) is 6.44. The molecule has 2 heterocycles. The Hall–Kier alpha value is -2.93. The number of carbonyl (C=O) groups is 1. The number of rotatable bonds is 16. The van der Waals surface area contributed by atoms with Crippen LogP contribution in [-0.4, -0.2) is 35.1 Å². The molecule has 0 saturated carbocycles. The third-order valence-electron chi connectivity index (χ3n) is 5.62. The van der Waals surface area contributed by atoms with Gasteiger partial charge in [-0.3, -0.25) is 0 Å². The lowest BCUT2D eigenvalue weighted by Gasteiger charge is -2.07. The Morgan fingerprint density at radius 3 is 2.35 bits per heavy atom. The van der Waals surface area contributed by atoms with Crippen LogP contribution in [0.4, 0.5) is 4.79 Å². The Morgan fingerprint density at radius 2 is 1.68 bits per heavy atom. The monoisotopic (exact) mass is 468 g/mol. The number of hydrogen-bond donors (Lipinski definition) is 0. The Balaban J connectivity index is 1.32. The molecule has 1 aromatic carbocycles. The summed E-state index contributed by atoms with van der Waals surface area (Å²) in [6.07, 6.45) is 15.7. The fourth-order valence-electron chi connectivity index (χ4n) is 3.63. The highest BCUT2D eigenvalue weighted by Gasteiger charge is 2.42. The van der Waals surface area contributed by atoms with Crippen molar-refractivity contribution in [3.8, 4) is 22.9 Å². The number of allylic oxidation sites excluding steroid dienone is 1. The second kappa shape index (κ2) is 14.4. The molecular weight excluding hydrogens is 432 g/mol. The normalized spacial score (nSPS) is 16.6. The number of ether oxygens (including phenoxy) is 4. The van der Waals surface area contributed by atoms with E-state index in [4.69, 9.17) is 18.9 Å². The molecule has 3 rings (SSSR count). The van der Waals surface area contributed by atoms with Crippen LogP contribution in [0.3, 0.4) is 0 Å². The van der Waals surface area contributed by atoms with Crippen molar-refractivity contribution in [2.24, 2.45) is 0 Å². The minimum atomic E-state index is -0.760. The van der Waals surface area contributed by atoms with E-state index in [0.29, 0.717) is 18.4 Å². The maximum absolute atomic E-state index is 11.9. The van der Waals surface area contributed by atoms with Crippen molar-refractivity contribution < 1.29 is 23.7 Å². The van der Waals surface area contributed by atoms with Gasteiger partial charge in [0.05, 0.1) is 6.61 Å². The van der Waals surface area contributed by atoms with Gasteiger partial charge in [-0.15, -0.1) is 6.58 Å². The third-order valence-corrected chi connectivity index (χ3v) is 5.62. The Labute approximate surface area is 202 Å². The van der Waals surface area contributed by atoms with Gasteiger partial charge in [-0.1, -0.05) is 63.7 Å². The quantitative estimate of drug-likeness (QED) is 0.0874. The molecular formula is C27H36N2O5. The molecule has 184 valence electrons. The van der Waals surface area contributed by atoms with Crippen LogP contribution in [0, 0.1) is 0 Å². The van der Waals surface area contributed by atoms with Crippen molar-refractivity contribution in [2.45, 2.75) is 83.5 Å². The molecule has 2 atom stereocenters. The second-order valence-electron chi connectivity index (χ2n) is 8.48. The van der Waals surface area contributed by atoms with E-state index in [9.17, 15) is 4.79 Å². The minimum Gasteiger partial charge on any atom is -0.463 e. The number of benzene rings is 1. The molecule has 0 radical (unpaired) electrons. The van der Waals surface area contributed by atoms with Gasteiger partial charge >= 0.3 is 12.2 Å². The molecule has 1 fully saturated rings. The van der Waals surface area contributed by atoms with Gasteiger partial charge in [0.1, 0.15) is 11.9 Å². The van der Waals surface area contributed by atoms with Crippen LogP contribution in [-0.2, 0) is 9.47 Å². The average Bonchev–Trinajstić information content (AvgIpc) is 3.58. The van der Waals surface area contributed by atoms with Crippen molar-refractivity contribution in [3.63, 3.8) is 0 Å². The first-order valence-corrected chi connectivity index (χ1v) is 12.4. The van der Waals surface area contributed by atoms with E-state index in [1.54, 1.807) is 24.5 Å². The Kier molecular flexibility index (Phi) is 10.8. The van der Waals surface area contributed by atoms with Gasteiger partial charge in [0.2, 0.25) is 6.29 Å². The summed E-state index contributed by atoms with van der Waals surface area (Å²) >= 11 is 0. The predicted molar refractivity (Wildman–Crippen MR) is 131 cm³/mol. The van der Waals surface area contributed by atoms with Gasteiger partial charge in [0.15, 0.2) is 0 Å². The molecule has 2 aromatic rings. The molecule has 1 aliphatic rings. The zero-order valence-electron chi connectivity index (χ0n) is 20.1. The molecule has 0 spiro atoms. The van der Waals surface area contributed by atoms with Gasteiger partial charge in [-0.2, -0.15) is 0 Å². The molecule has 7 heteroatoms. The summed E-state index contributed by atoms with van der Waals surface area (Å²) in [5.41, 5.74) is 1.76. The molecule has 1 aromatic heterocycles. The van der Waals surface area contributed by atoms with E-state index in [0.717, 1.165) is 43.2 Å². The first-order chi connectivity index (χ1) is 16.7. The summed E-state index contributed by atoms with van der Waals surface area (Å²) < 4.78 is 21.3. The Morgan fingerprint density at radius 1 is 1.00 bits per heavy atom. The van der Waals surface area contributed by atoms with E-state index in [1.165, 1.54) is 32.1 Å². The topological polar surface area (TPSA) is 83.1 Å². The molecule has 0 N–H and O–H groups in total. The molecule has 0 aliphatic carbocycles. The molecule has 1 aliphatic heterocycles. The summed E-state index contributed by atoms with van der Waals surface area (Å²) in [5.74, 6) is 0.402. The van der Waals surface area contributed by atoms with Crippen LogP contribution >= 0.6 is 0 Å². The van der Waals surface area contributed by atoms with Crippen molar-refractivity contribution in [1.82, 2.24) is 9.97 Å². The first-order valence-electron chi connectivity index (χ1n) is 12.4. The number of unbranched alkanes of at least 4 members (excludes halogenated alkanes) is 7. The summed E-state index contributed by atoms with van der Waals surface area (Å²) in [6, 6.07) is 7.48. The average molecular weight is 469 g/mol. The summed E-state index contributed by atoms with van der Waals surface area (Å²) in [7, 11) is 0. The zero-order valence-corrected chi connectivity index (χ0v) is 20.1. The van der Waals surface area contributed by atoms with Gasteiger partial charge in [-0.25, -0.2) is 14.8 Å². The fourth-order valence-corrected chi connectivity index (χ4v) is 3.63. The zero-order chi connectivity index (χ0) is 24.0. The van der Waals surface area contributed by atoms with E-state index in [1.807, 2.05) is 18.2 Å². The van der Waals surface area contributed by atoms with Crippen LogP contribution in [0.2, 0.25) is 0 Å². The fraction of sp³-hybridized carbons (Fsp3) is 0.519. The van der Waals surface area contributed by atoms with E-state index < -0.39 is 12.4 Å². The lowest BCUT2D eigenvalue weighted by atomic mass is 10.1. The number of carbonyl (C=O) groups excluding carboxylic acids is 1. The third kappa shape index (κ3) is 9.14. The lowest BCUT2D eigenvalue weighted by Crippen LogP contribution is -2.14. The largest absolute Gasteiger partial charge is 0.516 e. The highest BCUT2D eigenvalue weighted by molar-refractivity contribution is 5.66. The van der Waals surface area contributed by atoms with Crippen molar-refractivity contribution in [3.05, 3.63) is 49.3 Å². The van der Waals surface area contributed by atoms with Gasteiger partial charge < -0.3 is 18.9 Å². The van der Waals surface area contributed by atoms with Crippen molar-refractivity contribution in [2.75, 3.05) is 6.61 Å². The van der Waals surface area contributed by atoms with Crippen LogP contribution in [0.1, 0.15) is 71.1 Å². The van der Waals surface area contributed by atoms with Crippen LogP contribution < -0.4 is 9.47 Å². The minimum absolute atomic E-state index is 0.00526. The van der Waals surface area contributed by atoms with E-state index >= 15 is 0 Å². The molecule has 7 nitrogen and oxygen atoms in total. The second-order valence-corrected chi connectivity index (χ2v) is 8.48. The first kappa shape index (κ1) is 25.7. The number of nitrogens with zero attached hydrogens (tertiary/aromatic N) is 2. The smallest absolute Gasteiger partial charge is 0.463 e. The highest BCUT2D eigenvalue weighted by atomic mass is 16.8. The number of hydrogen-bond acceptors (Lipinski definition) is 7. The van der Waals surface area contributed by atoms with E-state index in [2.05, 4.69) is 23.5 Å². The van der Waals surface area contributed by atoms with Gasteiger partial charge in [-0.05, 0) is 43.4 Å². The number of aromatic nitrogens is 2. The highest BCUT2D eigenvalue weighted by Crippen LogP contribution is 2.28. The van der Waals surface area contributed by atoms with E-state index in [-0.39, 0.29) is 6.10 Å². The lowest BCUT2D eigenvalue weighted by molar-refractivity contribution is 0.0562. The molecule has 0 amide bonds. The van der Waals surface area contributed by atoms with Crippen LogP contribution in [0.15, 0.2) is 49.3 Å².